The molecule has 1 aliphatic rings. The maximum atomic E-state index is 14.0. The average Bonchev–Trinajstić information content (AvgIpc) is 3.03. The monoisotopic (exact) mass is 635 g/mol. The summed E-state index contributed by atoms with van der Waals surface area (Å²) in [5, 5.41) is 6.43. The first-order valence-corrected chi connectivity index (χ1v) is 15.9. The topological polar surface area (TPSA) is 169 Å². The molecule has 13 heteroatoms. The van der Waals surface area contributed by atoms with E-state index in [0.717, 1.165) is 11.1 Å². The van der Waals surface area contributed by atoms with Gasteiger partial charge in [0.15, 0.2) is 5.84 Å². The number of piperidine rings is 1. The summed E-state index contributed by atoms with van der Waals surface area (Å²) in [6, 6.07) is 20.7. The number of alkyl carbamates (subject to hydrolysis) is 1. The van der Waals surface area contributed by atoms with Gasteiger partial charge in [-0.15, -0.1) is 0 Å². The van der Waals surface area contributed by atoms with Crippen LogP contribution >= 0.6 is 0 Å². The molecule has 0 aromatic heterocycles. The van der Waals surface area contributed by atoms with Gasteiger partial charge in [0.1, 0.15) is 12.6 Å². The van der Waals surface area contributed by atoms with Gasteiger partial charge in [0, 0.05) is 31.6 Å². The first-order valence-electron chi connectivity index (χ1n) is 14.5. The summed E-state index contributed by atoms with van der Waals surface area (Å²) < 4.78 is 34.8. The number of nitrogens with two attached hydrogens (primary N) is 1. The van der Waals surface area contributed by atoms with Crippen LogP contribution in [-0.4, -0.2) is 62.3 Å². The van der Waals surface area contributed by atoms with Gasteiger partial charge < -0.3 is 25.5 Å². The Morgan fingerprint density at radius 1 is 1.02 bits per heavy atom. The summed E-state index contributed by atoms with van der Waals surface area (Å²) >= 11 is 0. The number of likely N-dealkylation sites (tertiary alicyclic amines) is 1. The first-order chi connectivity index (χ1) is 21.5. The summed E-state index contributed by atoms with van der Waals surface area (Å²) in [6.07, 6.45) is 0.629. The molecule has 0 radical (unpaired) electrons. The maximum absolute atomic E-state index is 14.0. The molecule has 1 saturated heterocycles. The van der Waals surface area contributed by atoms with Crippen molar-refractivity contribution in [3.8, 4) is 0 Å². The minimum Gasteiger partial charge on any atom is -0.445 e. The lowest BCUT2D eigenvalue weighted by Gasteiger charge is -2.35. The normalized spacial score (nSPS) is 16.0. The predicted octanol–water partition coefficient (Wildman–Crippen LogP) is 2.99. The Kier molecular flexibility index (Phi) is 11.3. The van der Waals surface area contributed by atoms with Crippen molar-refractivity contribution in [1.29, 1.82) is 0 Å². The zero-order valence-corrected chi connectivity index (χ0v) is 26.0. The zero-order chi connectivity index (χ0) is 32.4. The lowest BCUT2D eigenvalue weighted by atomic mass is 10.0. The van der Waals surface area contributed by atoms with Crippen molar-refractivity contribution in [3.63, 3.8) is 0 Å². The van der Waals surface area contributed by atoms with Crippen LogP contribution in [0.5, 0.6) is 0 Å². The molecule has 1 fully saturated rings. The summed E-state index contributed by atoms with van der Waals surface area (Å²) in [7, 11) is -4.08. The van der Waals surface area contributed by atoms with Crippen LogP contribution in [0.25, 0.3) is 0 Å². The van der Waals surface area contributed by atoms with E-state index in [2.05, 4.69) is 20.0 Å². The third kappa shape index (κ3) is 9.88. The summed E-state index contributed by atoms with van der Waals surface area (Å²) in [5.74, 6) is -1.13. The Morgan fingerprint density at radius 2 is 1.73 bits per heavy atom. The van der Waals surface area contributed by atoms with E-state index in [1.165, 1.54) is 19.1 Å². The third-order valence-electron chi connectivity index (χ3n) is 7.13. The molecule has 0 unspecified atom stereocenters. The van der Waals surface area contributed by atoms with Gasteiger partial charge in [0.25, 0.3) is 0 Å². The molecule has 0 spiro atoms. The van der Waals surface area contributed by atoms with Crippen molar-refractivity contribution in [2.24, 2.45) is 10.9 Å². The number of sulfonamides is 1. The van der Waals surface area contributed by atoms with E-state index >= 15 is 0 Å². The molecule has 0 aliphatic carbocycles. The largest absolute Gasteiger partial charge is 0.445 e. The Morgan fingerprint density at radius 3 is 2.44 bits per heavy atom. The highest BCUT2D eigenvalue weighted by Crippen LogP contribution is 2.18. The Hall–Kier alpha value is -4.75. The molecule has 0 bridgehead atoms. The number of aryl methyl sites for hydroxylation is 1. The van der Waals surface area contributed by atoms with Crippen molar-refractivity contribution in [2.75, 3.05) is 13.1 Å². The Labute approximate surface area is 262 Å². The number of rotatable bonds is 11. The number of hydrogen-bond donors (Lipinski definition) is 3. The number of amides is 2. The van der Waals surface area contributed by atoms with Crippen LogP contribution in [0.4, 0.5) is 4.79 Å². The zero-order valence-electron chi connectivity index (χ0n) is 25.1. The van der Waals surface area contributed by atoms with Gasteiger partial charge in [-0.3, -0.25) is 4.79 Å². The average molecular weight is 636 g/mol. The van der Waals surface area contributed by atoms with Crippen LogP contribution in [0, 0.1) is 6.92 Å². The Balaban J connectivity index is 1.51. The predicted molar refractivity (Wildman–Crippen MR) is 167 cm³/mol. The van der Waals surface area contributed by atoms with Crippen LogP contribution in [0.15, 0.2) is 88.9 Å². The molecule has 3 aromatic carbocycles. The molecular formula is C32H37N5O7S. The van der Waals surface area contributed by atoms with Crippen LogP contribution in [-0.2, 0) is 42.2 Å². The third-order valence-corrected chi connectivity index (χ3v) is 8.62. The van der Waals surface area contributed by atoms with E-state index in [9.17, 15) is 22.8 Å². The molecule has 2 atom stereocenters. The van der Waals surface area contributed by atoms with Gasteiger partial charge in [-0.25, -0.2) is 18.0 Å². The van der Waals surface area contributed by atoms with Crippen LogP contribution in [0.2, 0.25) is 0 Å². The number of nitrogens with one attached hydrogen (secondary N) is 2. The van der Waals surface area contributed by atoms with Gasteiger partial charge in [-0.1, -0.05) is 71.4 Å². The summed E-state index contributed by atoms with van der Waals surface area (Å²) in [4.78, 5) is 43.8. The summed E-state index contributed by atoms with van der Waals surface area (Å²) in [5.41, 5.74) is 8.72. The van der Waals surface area contributed by atoms with Crippen molar-refractivity contribution in [3.05, 3.63) is 101 Å². The number of ether oxygens (including phenoxy) is 1. The van der Waals surface area contributed by atoms with Crippen molar-refractivity contribution in [1.82, 2.24) is 14.9 Å². The summed E-state index contributed by atoms with van der Waals surface area (Å²) in [6.45, 7) is 3.72. The second-order valence-corrected chi connectivity index (χ2v) is 12.5. The molecule has 4 rings (SSSR count). The van der Waals surface area contributed by atoms with Crippen LogP contribution in [0.1, 0.15) is 42.0 Å². The highest BCUT2D eigenvalue weighted by Gasteiger charge is 2.33. The fourth-order valence-electron chi connectivity index (χ4n) is 4.86. The number of nitrogens with zero attached hydrogens (tertiary/aromatic N) is 2. The molecule has 12 nitrogen and oxygen atoms in total. The lowest BCUT2D eigenvalue weighted by Crippen LogP contribution is -2.55. The van der Waals surface area contributed by atoms with Gasteiger partial charge in [-0.05, 0) is 55.5 Å². The standard InChI is InChI=1S/C32H37N5O7S/c1-22-13-15-28(16-14-22)45(41,42)36-29(19-25-10-6-11-26(18-25)30(33)35-44-23(2)38)31(39)37-17-7-12-27(20-37)34-32(40)43-21-24-8-4-3-5-9-24/h3-6,8-11,13-16,18,27,29,36H,7,12,17,19-21H2,1-2H3,(H2,33,35)(H,34,40)/t27-,29-/m0/s1. The molecule has 1 heterocycles. The number of carbonyl (C=O) groups is 3. The van der Waals surface area contributed by atoms with Crippen molar-refractivity contribution in [2.45, 2.75) is 56.7 Å². The van der Waals surface area contributed by atoms with Crippen LogP contribution < -0.4 is 15.8 Å². The molecule has 3 aromatic rings. The van der Waals surface area contributed by atoms with Crippen LogP contribution in [0.3, 0.4) is 0 Å². The molecule has 4 N–H and O–H groups in total. The number of oxime groups is 1. The molecule has 1 aliphatic heterocycles. The molecule has 2 amide bonds. The fourth-order valence-corrected chi connectivity index (χ4v) is 6.05. The minimum atomic E-state index is -4.08. The second-order valence-electron chi connectivity index (χ2n) is 10.8. The molecule has 0 saturated carbocycles. The van der Waals surface area contributed by atoms with Crippen molar-refractivity contribution >= 4 is 33.8 Å². The highest BCUT2D eigenvalue weighted by atomic mass is 32.2. The van der Waals surface area contributed by atoms with Gasteiger partial charge >= 0.3 is 12.1 Å². The number of hydrogen-bond acceptors (Lipinski definition) is 8. The molecular weight excluding hydrogens is 598 g/mol. The smallest absolute Gasteiger partial charge is 0.407 e. The van der Waals surface area contributed by atoms with Gasteiger partial charge in [0.2, 0.25) is 15.9 Å². The van der Waals surface area contributed by atoms with Gasteiger partial charge in [0.05, 0.1) is 4.90 Å². The quantitative estimate of drug-likeness (QED) is 0.125. The fraction of sp³-hybridized carbons (Fsp3) is 0.312. The van der Waals surface area contributed by atoms with E-state index in [1.807, 2.05) is 37.3 Å². The van der Waals surface area contributed by atoms with E-state index in [-0.39, 0.29) is 36.3 Å². The van der Waals surface area contributed by atoms with E-state index in [1.54, 1.807) is 41.3 Å². The van der Waals surface area contributed by atoms with E-state index < -0.39 is 34.0 Å². The SMILES string of the molecule is CC(=O)O/N=C(\N)c1cccc(C[C@H](NS(=O)(=O)c2ccc(C)cc2)C(=O)N2CCC[C@H](NC(=O)OCc3ccccc3)C2)c1. The number of carbonyl (C=O) groups excluding carboxylic acids is 3. The minimum absolute atomic E-state index is 0.00762. The second kappa shape index (κ2) is 15.3. The maximum Gasteiger partial charge on any atom is 0.407 e. The number of benzene rings is 3. The van der Waals surface area contributed by atoms with Gasteiger partial charge in [-0.2, -0.15) is 4.72 Å². The first kappa shape index (κ1) is 33.1. The van der Waals surface area contributed by atoms with Crippen molar-refractivity contribution < 1.29 is 32.4 Å². The van der Waals surface area contributed by atoms with E-state index in [0.29, 0.717) is 30.5 Å². The van der Waals surface area contributed by atoms with E-state index in [4.69, 9.17) is 10.5 Å². The molecule has 238 valence electrons. The lowest BCUT2D eigenvalue weighted by molar-refractivity contribution is -0.141. The number of amidine groups is 1. The highest BCUT2D eigenvalue weighted by molar-refractivity contribution is 7.89. The Bertz CT molecular complexity index is 1630. The molecule has 45 heavy (non-hydrogen) atoms.